The van der Waals surface area contributed by atoms with Crippen molar-refractivity contribution in [2.75, 3.05) is 13.7 Å². The van der Waals surface area contributed by atoms with Gasteiger partial charge in [0.1, 0.15) is 5.75 Å². The van der Waals surface area contributed by atoms with E-state index in [0.717, 1.165) is 0 Å². The molecule has 5 nitrogen and oxygen atoms in total. The third kappa shape index (κ3) is 5.48. The summed E-state index contributed by atoms with van der Waals surface area (Å²) in [6.07, 6.45) is 0.110. The fourth-order valence-electron chi connectivity index (χ4n) is 1.67. The van der Waals surface area contributed by atoms with Gasteiger partial charge in [0, 0.05) is 16.6 Å². The van der Waals surface area contributed by atoms with Crippen molar-refractivity contribution in [1.82, 2.24) is 10.6 Å². The number of rotatable bonds is 6. The van der Waals surface area contributed by atoms with Crippen LogP contribution in [0, 0.1) is 0 Å². The zero-order valence-electron chi connectivity index (χ0n) is 11.8. The third-order valence-electron chi connectivity index (χ3n) is 2.49. The maximum atomic E-state index is 11.8. The number of carbonyl (C=O) groups is 2. The maximum absolute atomic E-state index is 11.8. The molecule has 0 aliphatic rings. The average Bonchev–Trinajstić information content (AvgIpc) is 2.36. The summed E-state index contributed by atoms with van der Waals surface area (Å²) >= 11 is 5.89. The van der Waals surface area contributed by atoms with E-state index in [0.29, 0.717) is 16.3 Å². The van der Waals surface area contributed by atoms with Crippen LogP contribution in [0.1, 0.15) is 19.4 Å². The molecule has 1 rings (SSSR count). The van der Waals surface area contributed by atoms with Gasteiger partial charge in [-0.05, 0) is 32.0 Å². The van der Waals surface area contributed by atoms with Crippen molar-refractivity contribution >= 4 is 23.4 Å². The van der Waals surface area contributed by atoms with Crippen LogP contribution in [0.4, 0.5) is 0 Å². The molecule has 0 unspecified atom stereocenters. The Morgan fingerprint density at radius 3 is 2.60 bits per heavy atom. The fourth-order valence-corrected chi connectivity index (χ4v) is 1.87. The van der Waals surface area contributed by atoms with Gasteiger partial charge in [-0.2, -0.15) is 0 Å². The standard InChI is InChI=1S/C14H19ClN2O3/c1-9(2)17-14(19)8-16-13(18)7-10-6-11(15)4-5-12(10)20-3/h4-6,9H,7-8H2,1-3H3,(H,16,18)(H,17,19). The predicted molar refractivity (Wildman–Crippen MR) is 78.0 cm³/mol. The lowest BCUT2D eigenvalue weighted by molar-refractivity contribution is -0.126. The lowest BCUT2D eigenvalue weighted by Gasteiger charge is -2.11. The van der Waals surface area contributed by atoms with Gasteiger partial charge in [-0.1, -0.05) is 11.6 Å². The topological polar surface area (TPSA) is 67.4 Å². The van der Waals surface area contributed by atoms with Gasteiger partial charge in [-0.3, -0.25) is 9.59 Å². The molecule has 0 aliphatic heterocycles. The van der Waals surface area contributed by atoms with Crippen LogP contribution in [0.15, 0.2) is 18.2 Å². The van der Waals surface area contributed by atoms with Gasteiger partial charge < -0.3 is 15.4 Å². The van der Waals surface area contributed by atoms with E-state index in [4.69, 9.17) is 16.3 Å². The molecule has 2 N–H and O–H groups in total. The van der Waals surface area contributed by atoms with Crippen LogP contribution in [-0.2, 0) is 16.0 Å². The van der Waals surface area contributed by atoms with Crippen molar-refractivity contribution in [3.63, 3.8) is 0 Å². The highest BCUT2D eigenvalue weighted by Gasteiger charge is 2.11. The number of amides is 2. The van der Waals surface area contributed by atoms with Gasteiger partial charge in [0.25, 0.3) is 0 Å². The average molecular weight is 299 g/mol. The molecule has 0 saturated heterocycles. The van der Waals surface area contributed by atoms with E-state index in [-0.39, 0.29) is 30.8 Å². The largest absolute Gasteiger partial charge is 0.496 e. The zero-order valence-corrected chi connectivity index (χ0v) is 12.6. The zero-order chi connectivity index (χ0) is 15.1. The molecular formula is C14H19ClN2O3. The van der Waals surface area contributed by atoms with E-state index in [1.165, 1.54) is 7.11 Å². The minimum atomic E-state index is -0.260. The first kappa shape index (κ1) is 16.3. The number of halogens is 1. The number of nitrogens with one attached hydrogen (secondary N) is 2. The Morgan fingerprint density at radius 2 is 2.00 bits per heavy atom. The molecule has 6 heteroatoms. The summed E-state index contributed by atoms with van der Waals surface area (Å²) in [6.45, 7) is 3.67. The van der Waals surface area contributed by atoms with Crippen molar-refractivity contribution in [3.05, 3.63) is 28.8 Å². The van der Waals surface area contributed by atoms with E-state index in [2.05, 4.69) is 10.6 Å². The molecule has 2 amide bonds. The van der Waals surface area contributed by atoms with Crippen LogP contribution < -0.4 is 15.4 Å². The summed E-state index contributed by atoms with van der Waals surface area (Å²) in [4.78, 5) is 23.2. The number of ether oxygens (including phenoxy) is 1. The summed E-state index contributed by atoms with van der Waals surface area (Å²) in [5.74, 6) is 0.118. The van der Waals surface area contributed by atoms with Crippen LogP contribution in [0.5, 0.6) is 5.75 Å². The summed E-state index contributed by atoms with van der Waals surface area (Å²) in [6, 6.07) is 5.12. The molecule has 0 aromatic heterocycles. The number of carbonyl (C=O) groups excluding carboxylic acids is 2. The number of methoxy groups -OCH3 is 1. The van der Waals surface area contributed by atoms with E-state index >= 15 is 0 Å². The quantitative estimate of drug-likeness (QED) is 0.837. The molecule has 110 valence electrons. The van der Waals surface area contributed by atoms with Crippen molar-refractivity contribution in [3.8, 4) is 5.75 Å². The molecule has 0 spiro atoms. The number of hydrogen-bond donors (Lipinski definition) is 2. The van der Waals surface area contributed by atoms with Crippen molar-refractivity contribution < 1.29 is 14.3 Å². The highest BCUT2D eigenvalue weighted by molar-refractivity contribution is 6.30. The molecule has 20 heavy (non-hydrogen) atoms. The molecule has 1 aromatic carbocycles. The number of benzene rings is 1. The summed E-state index contributed by atoms with van der Waals surface area (Å²) in [7, 11) is 1.53. The highest BCUT2D eigenvalue weighted by atomic mass is 35.5. The van der Waals surface area contributed by atoms with Crippen LogP contribution >= 0.6 is 11.6 Å². The first-order chi connectivity index (χ1) is 9.42. The Hall–Kier alpha value is -1.75. The smallest absolute Gasteiger partial charge is 0.239 e. The highest BCUT2D eigenvalue weighted by Crippen LogP contribution is 2.22. The van der Waals surface area contributed by atoms with Crippen LogP contribution in [0.3, 0.4) is 0 Å². The first-order valence-electron chi connectivity index (χ1n) is 6.31. The van der Waals surface area contributed by atoms with Gasteiger partial charge in [-0.25, -0.2) is 0 Å². The SMILES string of the molecule is COc1ccc(Cl)cc1CC(=O)NCC(=O)NC(C)C. The Labute approximate surface area is 123 Å². The van der Waals surface area contributed by atoms with Gasteiger partial charge in [-0.15, -0.1) is 0 Å². The van der Waals surface area contributed by atoms with Crippen molar-refractivity contribution in [2.45, 2.75) is 26.3 Å². The Bertz CT molecular complexity index is 489. The van der Waals surface area contributed by atoms with Gasteiger partial charge in [0.2, 0.25) is 11.8 Å². The molecule has 0 bridgehead atoms. The number of hydrogen-bond acceptors (Lipinski definition) is 3. The second-order valence-corrected chi connectivity index (χ2v) is 5.07. The molecular weight excluding hydrogens is 280 g/mol. The van der Waals surface area contributed by atoms with E-state index < -0.39 is 0 Å². The van der Waals surface area contributed by atoms with Crippen LogP contribution in [0.25, 0.3) is 0 Å². The Balaban J connectivity index is 2.54. The second-order valence-electron chi connectivity index (χ2n) is 4.63. The summed E-state index contributed by atoms with van der Waals surface area (Å²) in [5, 5.41) is 5.79. The maximum Gasteiger partial charge on any atom is 0.239 e. The summed E-state index contributed by atoms with van der Waals surface area (Å²) in [5.41, 5.74) is 0.682. The molecule has 0 aliphatic carbocycles. The fraction of sp³-hybridized carbons (Fsp3) is 0.429. The normalized spacial score (nSPS) is 10.2. The van der Waals surface area contributed by atoms with Crippen molar-refractivity contribution in [2.24, 2.45) is 0 Å². The van der Waals surface area contributed by atoms with E-state index in [1.54, 1.807) is 18.2 Å². The summed E-state index contributed by atoms with van der Waals surface area (Å²) < 4.78 is 5.16. The second kappa shape index (κ2) is 7.75. The molecule has 0 fully saturated rings. The monoisotopic (exact) mass is 298 g/mol. The van der Waals surface area contributed by atoms with Gasteiger partial charge in [0.15, 0.2) is 0 Å². The lowest BCUT2D eigenvalue weighted by atomic mass is 10.1. The van der Waals surface area contributed by atoms with E-state index in [1.807, 2.05) is 13.8 Å². The first-order valence-corrected chi connectivity index (χ1v) is 6.68. The Kier molecular flexibility index (Phi) is 6.31. The lowest BCUT2D eigenvalue weighted by Crippen LogP contribution is -2.40. The molecule has 0 atom stereocenters. The van der Waals surface area contributed by atoms with Gasteiger partial charge in [0.05, 0.1) is 20.1 Å². The Morgan fingerprint density at radius 1 is 1.30 bits per heavy atom. The van der Waals surface area contributed by atoms with Crippen LogP contribution in [-0.4, -0.2) is 31.5 Å². The predicted octanol–water partition coefficient (Wildman–Crippen LogP) is 1.53. The van der Waals surface area contributed by atoms with Gasteiger partial charge >= 0.3 is 0 Å². The van der Waals surface area contributed by atoms with Crippen molar-refractivity contribution in [1.29, 1.82) is 0 Å². The molecule has 0 saturated carbocycles. The van der Waals surface area contributed by atoms with Crippen LogP contribution in [0.2, 0.25) is 5.02 Å². The molecule has 0 radical (unpaired) electrons. The molecule has 1 aromatic rings. The minimum absolute atomic E-state index is 0.0418. The van der Waals surface area contributed by atoms with E-state index in [9.17, 15) is 9.59 Å². The third-order valence-corrected chi connectivity index (χ3v) is 2.72. The minimum Gasteiger partial charge on any atom is -0.496 e. The molecule has 0 heterocycles.